The van der Waals surface area contributed by atoms with Crippen molar-refractivity contribution in [3.63, 3.8) is 0 Å². The molecule has 0 amide bonds. The largest absolute Gasteiger partial charge is 0.497 e. The van der Waals surface area contributed by atoms with E-state index in [4.69, 9.17) is 4.74 Å². The Balaban J connectivity index is 1.60. The lowest BCUT2D eigenvalue weighted by atomic mass is 10.1. The fraction of sp³-hybridized carbons (Fsp3) is 0.176. The second-order valence-corrected chi connectivity index (χ2v) is 5.98. The molecule has 0 bridgehead atoms. The van der Waals surface area contributed by atoms with Crippen molar-refractivity contribution in [3.05, 3.63) is 59.7 Å². The Hall–Kier alpha value is -2.47. The van der Waals surface area contributed by atoms with Gasteiger partial charge in [-0.2, -0.15) is 4.98 Å². The van der Waals surface area contributed by atoms with Gasteiger partial charge >= 0.3 is 0 Å². The van der Waals surface area contributed by atoms with Crippen LogP contribution in [0.3, 0.4) is 0 Å². The number of H-pyrrole nitrogens is 1. The monoisotopic (exact) mass is 326 g/mol. The van der Waals surface area contributed by atoms with Gasteiger partial charge in [0.25, 0.3) is 0 Å². The smallest absolute Gasteiger partial charge is 0.223 e. The lowest BCUT2D eigenvalue weighted by molar-refractivity contribution is 0.415. The highest BCUT2D eigenvalue weighted by Crippen LogP contribution is 2.23. The molecule has 6 heteroatoms. The van der Waals surface area contributed by atoms with Crippen LogP contribution in [0.1, 0.15) is 11.1 Å². The molecule has 0 spiro atoms. The first-order chi connectivity index (χ1) is 11.2. The van der Waals surface area contributed by atoms with Gasteiger partial charge in [0.2, 0.25) is 11.1 Å². The molecule has 1 heterocycles. The first-order valence-electron chi connectivity index (χ1n) is 7.25. The van der Waals surface area contributed by atoms with Crippen LogP contribution < -0.4 is 10.1 Å². The third-order valence-electron chi connectivity index (χ3n) is 3.44. The van der Waals surface area contributed by atoms with Gasteiger partial charge in [-0.15, -0.1) is 5.10 Å². The van der Waals surface area contributed by atoms with E-state index in [1.54, 1.807) is 18.9 Å². The highest BCUT2D eigenvalue weighted by atomic mass is 32.2. The molecule has 5 nitrogen and oxygen atoms in total. The summed E-state index contributed by atoms with van der Waals surface area (Å²) in [7, 11) is 1.65. The van der Waals surface area contributed by atoms with E-state index < -0.39 is 0 Å². The lowest BCUT2D eigenvalue weighted by Gasteiger charge is -2.03. The molecule has 0 saturated heterocycles. The summed E-state index contributed by atoms with van der Waals surface area (Å²) in [6.07, 6.45) is 0. The predicted octanol–water partition coefficient (Wildman–Crippen LogP) is 4.16. The summed E-state index contributed by atoms with van der Waals surface area (Å²) in [6.45, 7) is 2.12. The Morgan fingerprint density at radius 2 is 1.91 bits per heavy atom. The molecule has 23 heavy (non-hydrogen) atoms. The maximum atomic E-state index is 5.14. The van der Waals surface area contributed by atoms with Gasteiger partial charge in [-0.1, -0.05) is 36.0 Å². The highest BCUT2D eigenvalue weighted by molar-refractivity contribution is 7.98. The van der Waals surface area contributed by atoms with Crippen LogP contribution in [-0.2, 0) is 5.75 Å². The van der Waals surface area contributed by atoms with Crippen molar-refractivity contribution in [1.82, 2.24) is 15.2 Å². The number of aromatic nitrogens is 3. The van der Waals surface area contributed by atoms with Crippen molar-refractivity contribution >= 4 is 23.4 Å². The van der Waals surface area contributed by atoms with Crippen molar-refractivity contribution in [3.8, 4) is 5.75 Å². The quantitative estimate of drug-likeness (QED) is 0.666. The van der Waals surface area contributed by atoms with Crippen LogP contribution >= 0.6 is 11.8 Å². The van der Waals surface area contributed by atoms with Gasteiger partial charge in [0.15, 0.2) is 0 Å². The van der Waals surface area contributed by atoms with E-state index in [0.717, 1.165) is 22.3 Å². The summed E-state index contributed by atoms with van der Waals surface area (Å²) >= 11 is 1.61. The fourth-order valence-electron chi connectivity index (χ4n) is 2.09. The zero-order chi connectivity index (χ0) is 16.1. The lowest BCUT2D eigenvalue weighted by Crippen LogP contribution is -1.92. The molecule has 0 saturated carbocycles. The molecular weight excluding hydrogens is 308 g/mol. The van der Waals surface area contributed by atoms with Crippen molar-refractivity contribution < 1.29 is 4.74 Å². The number of anilines is 2. The molecule has 0 aliphatic carbocycles. The second kappa shape index (κ2) is 7.19. The second-order valence-electron chi connectivity index (χ2n) is 5.04. The topological polar surface area (TPSA) is 62.8 Å². The average molecular weight is 326 g/mol. The van der Waals surface area contributed by atoms with Crippen LogP contribution in [0.4, 0.5) is 11.6 Å². The average Bonchev–Trinajstić information content (AvgIpc) is 3.02. The van der Waals surface area contributed by atoms with Crippen molar-refractivity contribution in [2.24, 2.45) is 0 Å². The number of aromatic amines is 1. The van der Waals surface area contributed by atoms with E-state index in [1.807, 2.05) is 30.3 Å². The molecule has 0 fully saturated rings. The van der Waals surface area contributed by atoms with E-state index in [1.165, 1.54) is 11.1 Å². The Morgan fingerprint density at radius 1 is 1.13 bits per heavy atom. The molecule has 3 rings (SSSR count). The number of nitrogens with one attached hydrogen (secondary N) is 2. The third kappa shape index (κ3) is 4.04. The van der Waals surface area contributed by atoms with Crippen LogP contribution in [0.2, 0.25) is 0 Å². The third-order valence-corrected chi connectivity index (χ3v) is 4.33. The van der Waals surface area contributed by atoms with E-state index in [-0.39, 0.29) is 0 Å². The number of ether oxygens (including phenoxy) is 1. The van der Waals surface area contributed by atoms with Gasteiger partial charge in [-0.05, 0) is 42.3 Å². The van der Waals surface area contributed by atoms with Crippen LogP contribution in [-0.4, -0.2) is 22.3 Å². The maximum Gasteiger partial charge on any atom is 0.223 e. The number of benzene rings is 2. The molecule has 0 atom stereocenters. The summed E-state index contributed by atoms with van der Waals surface area (Å²) in [5.74, 6) is 2.30. The van der Waals surface area contributed by atoms with E-state index >= 15 is 0 Å². The van der Waals surface area contributed by atoms with Crippen LogP contribution in [0.15, 0.2) is 53.7 Å². The van der Waals surface area contributed by atoms with Gasteiger partial charge < -0.3 is 10.1 Å². The first kappa shape index (κ1) is 15.4. The normalized spacial score (nSPS) is 10.5. The highest BCUT2D eigenvalue weighted by Gasteiger charge is 2.06. The summed E-state index contributed by atoms with van der Waals surface area (Å²) in [4.78, 5) is 4.45. The first-order valence-corrected chi connectivity index (χ1v) is 8.24. The van der Waals surface area contributed by atoms with Gasteiger partial charge in [-0.25, -0.2) is 5.10 Å². The summed E-state index contributed by atoms with van der Waals surface area (Å²) in [5.41, 5.74) is 3.51. The number of nitrogens with zero attached hydrogens (tertiary/aromatic N) is 2. The molecule has 3 aromatic rings. The predicted molar refractivity (Wildman–Crippen MR) is 93.4 cm³/mol. The molecule has 0 aliphatic heterocycles. The maximum absolute atomic E-state index is 5.14. The zero-order valence-electron chi connectivity index (χ0n) is 13.0. The van der Waals surface area contributed by atoms with E-state index in [9.17, 15) is 0 Å². The van der Waals surface area contributed by atoms with Crippen molar-refractivity contribution in [2.75, 3.05) is 12.4 Å². The standard InChI is InChI=1S/C17H18N4OS/c1-12-5-3-4-6-13(12)11-23-17-19-16(20-21-17)18-14-7-9-15(22-2)10-8-14/h3-10H,11H2,1-2H3,(H2,18,19,20,21). The number of hydrogen-bond donors (Lipinski definition) is 2. The van der Waals surface area contributed by atoms with Crippen LogP contribution in [0, 0.1) is 6.92 Å². The Kier molecular flexibility index (Phi) is 4.83. The summed E-state index contributed by atoms with van der Waals surface area (Å²) in [6, 6.07) is 16.0. The molecule has 0 aliphatic rings. The van der Waals surface area contributed by atoms with Gasteiger partial charge in [0.05, 0.1) is 7.11 Å². The number of aryl methyl sites for hydroxylation is 1. The number of rotatable bonds is 6. The molecule has 2 aromatic carbocycles. The molecular formula is C17H18N4OS. The fourth-order valence-corrected chi connectivity index (χ4v) is 2.97. The van der Waals surface area contributed by atoms with Gasteiger partial charge in [0.1, 0.15) is 5.75 Å². The van der Waals surface area contributed by atoms with E-state index in [0.29, 0.717) is 5.95 Å². The van der Waals surface area contributed by atoms with Crippen molar-refractivity contribution in [2.45, 2.75) is 17.8 Å². The minimum absolute atomic E-state index is 0.627. The summed E-state index contributed by atoms with van der Waals surface area (Å²) < 4.78 is 5.14. The molecule has 0 unspecified atom stereocenters. The number of thioether (sulfide) groups is 1. The molecule has 1 aromatic heterocycles. The van der Waals surface area contributed by atoms with Crippen LogP contribution in [0.5, 0.6) is 5.75 Å². The Labute approximate surface area is 139 Å². The Bertz CT molecular complexity index is 770. The molecule has 2 N–H and O–H groups in total. The van der Waals surface area contributed by atoms with E-state index in [2.05, 4.69) is 45.6 Å². The summed E-state index contributed by atoms with van der Waals surface area (Å²) in [5, 5.41) is 11.1. The minimum Gasteiger partial charge on any atom is -0.497 e. The number of methoxy groups -OCH3 is 1. The van der Waals surface area contributed by atoms with Crippen LogP contribution in [0.25, 0.3) is 0 Å². The number of hydrogen-bond acceptors (Lipinski definition) is 5. The van der Waals surface area contributed by atoms with Gasteiger partial charge in [-0.3, -0.25) is 0 Å². The molecule has 118 valence electrons. The van der Waals surface area contributed by atoms with Gasteiger partial charge in [0, 0.05) is 11.4 Å². The molecule has 0 radical (unpaired) electrons. The Morgan fingerprint density at radius 3 is 2.65 bits per heavy atom. The minimum atomic E-state index is 0.627. The van der Waals surface area contributed by atoms with Crippen molar-refractivity contribution in [1.29, 1.82) is 0 Å². The SMILES string of the molecule is COc1ccc(Nc2nc(SCc3ccccc3C)n[nH]2)cc1. The zero-order valence-corrected chi connectivity index (χ0v) is 13.9.